The SMILES string of the molecule is COCCOCO[C@@H]1/C(C)=C/C[C@@H]2C[C@@H](C[C@]3(CC[C@H](C)[C@@H](C(C)C)O3)O2)OC(=O)[C@@H]2C=C(C)[C@@H](O)[C@@H]3OC/C(=C\C=C\[C@@H]1C)[C@@]23O. The molecule has 0 unspecified atom stereocenters. The van der Waals surface area contributed by atoms with Crippen LogP contribution in [-0.2, 0) is 38.0 Å². The second-order valence-electron chi connectivity index (χ2n) is 14.6. The summed E-state index contributed by atoms with van der Waals surface area (Å²) in [7, 11) is 1.63. The third kappa shape index (κ3) is 7.80. The van der Waals surface area contributed by atoms with Gasteiger partial charge in [-0.05, 0) is 55.2 Å². The number of esters is 1. The fourth-order valence-electron chi connectivity index (χ4n) is 8.03. The van der Waals surface area contributed by atoms with Gasteiger partial charge in [0.1, 0.15) is 36.6 Å². The van der Waals surface area contributed by atoms with Crippen LogP contribution in [0, 0.1) is 23.7 Å². The molecule has 0 radical (unpaired) electrons. The second kappa shape index (κ2) is 15.3. The van der Waals surface area contributed by atoms with Gasteiger partial charge in [-0.25, -0.2) is 0 Å². The predicted octanol–water partition coefficient (Wildman–Crippen LogP) is 4.79. The Labute approximate surface area is 280 Å². The number of aliphatic hydroxyl groups excluding tert-OH is 1. The van der Waals surface area contributed by atoms with Gasteiger partial charge in [-0.1, -0.05) is 58.1 Å². The van der Waals surface area contributed by atoms with E-state index in [9.17, 15) is 15.0 Å². The number of ether oxygens (including phenoxy) is 7. The van der Waals surface area contributed by atoms with Crippen molar-refractivity contribution in [1.82, 2.24) is 0 Å². The van der Waals surface area contributed by atoms with Gasteiger partial charge in [0, 0.05) is 32.3 Å². The van der Waals surface area contributed by atoms with E-state index in [1.54, 1.807) is 26.2 Å². The molecule has 1 aliphatic carbocycles. The number of carbonyl (C=O) groups excluding carboxylic acids is 1. The van der Waals surface area contributed by atoms with Crippen molar-refractivity contribution in [1.29, 1.82) is 0 Å². The van der Waals surface area contributed by atoms with Gasteiger partial charge in [-0.15, -0.1) is 0 Å². The highest BCUT2D eigenvalue weighted by molar-refractivity contribution is 5.78. The van der Waals surface area contributed by atoms with E-state index in [2.05, 4.69) is 40.7 Å². The Morgan fingerprint density at radius 1 is 1.11 bits per heavy atom. The molecular formula is C37H56O10. The van der Waals surface area contributed by atoms with E-state index in [1.165, 1.54) is 0 Å². The molecule has 4 heterocycles. The molecule has 47 heavy (non-hydrogen) atoms. The number of fused-ring (bicyclic) bond motifs is 2. The van der Waals surface area contributed by atoms with Crippen LogP contribution >= 0.6 is 0 Å². The molecule has 5 rings (SSSR count). The van der Waals surface area contributed by atoms with Crippen molar-refractivity contribution < 1.29 is 48.2 Å². The summed E-state index contributed by atoms with van der Waals surface area (Å²) in [6, 6.07) is 0. The zero-order chi connectivity index (χ0) is 33.9. The Hall–Kier alpha value is -1.89. The standard InChI is InChI=1S/C37H56O10/c1-22(2)32-25(5)13-14-36(47-32)19-29-18-28(46-36)12-11-24(4)33(44-21-42-16-15-41-7)23(3)9-8-10-27-20-43-34-31(38)26(6)17-30(35(39)45-29)37(27,34)40/h8-11,17,22-23,25,28-34,38,40H,12-16,18-21H2,1-7H3/b9-8+,24-11+,27-10+/t23-,25-,28+,29-,30-,31+,32+,33-,34-,36+,37+/m0/s1. The minimum Gasteiger partial charge on any atom is -0.462 e. The number of hydrogen-bond acceptors (Lipinski definition) is 10. The average Bonchev–Trinajstić information content (AvgIpc) is 3.37. The van der Waals surface area contributed by atoms with Crippen LogP contribution in [0.3, 0.4) is 0 Å². The third-order valence-electron chi connectivity index (χ3n) is 10.7. The predicted molar refractivity (Wildman–Crippen MR) is 175 cm³/mol. The second-order valence-corrected chi connectivity index (χ2v) is 14.6. The minimum atomic E-state index is -1.76. The monoisotopic (exact) mass is 660 g/mol. The Balaban J connectivity index is 1.51. The molecule has 2 N–H and O–H groups in total. The summed E-state index contributed by atoms with van der Waals surface area (Å²) < 4.78 is 42.9. The molecule has 11 atom stereocenters. The molecular weight excluding hydrogens is 604 g/mol. The minimum absolute atomic E-state index is 0.0210. The molecule has 10 heteroatoms. The summed E-state index contributed by atoms with van der Waals surface area (Å²) in [5.41, 5.74) is 0.358. The van der Waals surface area contributed by atoms with Crippen LogP contribution < -0.4 is 0 Å². The van der Waals surface area contributed by atoms with Crippen molar-refractivity contribution in [3.8, 4) is 0 Å². The van der Waals surface area contributed by atoms with Crippen LogP contribution in [0.5, 0.6) is 0 Å². The van der Waals surface area contributed by atoms with Crippen LogP contribution in [0.15, 0.2) is 47.1 Å². The lowest BCUT2D eigenvalue weighted by atomic mass is 9.71. The third-order valence-corrected chi connectivity index (χ3v) is 10.7. The Kier molecular flexibility index (Phi) is 11.9. The molecule has 0 aromatic carbocycles. The molecule has 3 fully saturated rings. The summed E-state index contributed by atoms with van der Waals surface area (Å²) in [6.07, 6.45) is 9.55. The van der Waals surface area contributed by atoms with Crippen LogP contribution in [0.25, 0.3) is 0 Å². The van der Waals surface area contributed by atoms with Crippen molar-refractivity contribution in [3.63, 3.8) is 0 Å². The van der Waals surface area contributed by atoms with E-state index >= 15 is 0 Å². The van der Waals surface area contributed by atoms with Crippen molar-refractivity contribution in [2.45, 2.75) is 122 Å². The molecule has 264 valence electrons. The van der Waals surface area contributed by atoms with Gasteiger partial charge in [0.15, 0.2) is 5.79 Å². The summed E-state index contributed by atoms with van der Waals surface area (Å²) in [4.78, 5) is 14.1. The summed E-state index contributed by atoms with van der Waals surface area (Å²) in [5.74, 6) is -1.83. The maximum Gasteiger partial charge on any atom is 0.316 e. The van der Waals surface area contributed by atoms with Gasteiger partial charge < -0.3 is 43.4 Å². The van der Waals surface area contributed by atoms with Gasteiger partial charge in [0.2, 0.25) is 0 Å². The lowest BCUT2D eigenvalue weighted by molar-refractivity contribution is -0.340. The van der Waals surface area contributed by atoms with E-state index in [1.807, 2.05) is 12.2 Å². The van der Waals surface area contributed by atoms with Gasteiger partial charge in [-0.2, -0.15) is 0 Å². The molecule has 10 nitrogen and oxygen atoms in total. The van der Waals surface area contributed by atoms with Crippen LogP contribution in [-0.4, -0.2) is 97.9 Å². The Morgan fingerprint density at radius 2 is 1.89 bits per heavy atom. The van der Waals surface area contributed by atoms with Crippen LogP contribution in [0.2, 0.25) is 0 Å². The first-order valence-electron chi connectivity index (χ1n) is 17.4. The van der Waals surface area contributed by atoms with Gasteiger partial charge in [0.05, 0.1) is 38.1 Å². The van der Waals surface area contributed by atoms with E-state index < -0.39 is 41.6 Å². The number of methoxy groups -OCH3 is 1. The lowest BCUT2D eigenvalue weighted by Gasteiger charge is -2.50. The molecule has 2 bridgehead atoms. The van der Waals surface area contributed by atoms with Gasteiger partial charge in [0.25, 0.3) is 0 Å². The lowest BCUT2D eigenvalue weighted by Crippen LogP contribution is -2.58. The highest BCUT2D eigenvalue weighted by Crippen LogP contribution is 2.47. The zero-order valence-corrected chi connectivity index (χ0v) is 29.2. The molecule has 0 saturated carbocycles. The topological polar surface area (TPSA) is 122 Å². The molecule has 0 aromatic rings. The fourth-order valence-corrected chi connectivity index (χ4v) is 8.03. The first-order valence-corrected chi connectivity index (χ1v) is 17.4. The maximum absolute atomic E-state index is 14.1. The number of carbonyl (C=O) groups is 1. The number of aliphatic hydroxyl groups is 2. The summed E-state index contributed by atoms with van der Waals surface area (Å²) in [6.45, 7) is 13.5. The van der Waals surface area contributed by atoms with E-state index in [-0.39, 0.29) is 37.6 Å². The number of allylic oxidation sites excluding steroid dienone is 2. The molecule has 1 spiro atoms. The van der Waals surface area contributed by atoms with Crippen LogP contribution in [0.4, 0.5) is 0 Å². The summed E-state index contributed by atoms with van der Waals surface area (Å²) >= 11 is 0. The highest BCUT2D eigenvalue weighted by Gasteiger charge is 2.60. The van der Waals surface area contributed by atoms with Crippen molar-refractivity contribution in [2.24, 2.45) is 23.7 Å². The fraction of sp³-hybridized carbons (Fsp3) is 0.757. The molecule has 0 aromatic heterocycles. The Bertz CT molecular complexity index is 1220. The first-order chi connectivity index (χ1) is 22.4. The smallest absolute Gasteiger partial charge is 0.316 e. The largest absolute Gasteiger partial charge is 0.462 e. The maximum atomic E-state index is 14.1. The first kappa shape index (κ1) is 36.4. The number of hydrogen-bond donors (Lipinski definition) is 2. The molecule has 0 amide bonds. The van der Waals surface area contributed by atoms with E-state index in [4.69, 9.17) is 33.2 Å². The quantitative estimate of drug-likeness (QED) is 0.171. The van der Waals surface area contributed by atoms with Gasteiger partial charge >= 0.3 is 5.97 Å². The number of rotatable bonds is 7. The van der Waals surface area contributed by atoms with Crippen molar-refractivity contribution >= 4 is 5.97 Å². The summed E-state index contributed by atoms with van der Waals surface area (Å²) in [5, 5.41) is 23.3. The van der Waals surface area contributed by atoms with E-state index in [0.717, 1.165) is 12.0 Å². The molecule has 4 aliphatic heterocycles. The normalized spacial score (nSPS) is 44.2. The van der Waals surface area contributed by atoms with Crippen molar-refractivity contribution in [2.75, 3.05) is 33.7 Å². The van der Waals surface area contributed by atoms with E-state index in [0.29, 0.717) is 61.9 Å². The molecule has 5 aliphatic rings. The van der Waals surface area contributed by atoms with Crippen LogP contribution in [0.1, 0.15) is 73.6 Å². The van der Waals surface area contributed by atoms with Crippen molar-refractivity contribution in [3.05, 3.63) is 47.1 Å². The Morgan fingerprint density at radius 3 is 2.64 bits per heavy atom. The highest BCUT2D eigenvalue weighted by atomic mass is 16.7. The molecule has 3 saturated heterocycles. The average molecular weight is 661 g/mol. The van der Waals surface area contributed by atoms with Gasteiger partial charge in [-0.3, -0.25) is 4.79 Å². The zero-order valence-electron chi connectivity index (χ0n) is 29.2.